The third kappa shape index (κ3) is 8.34. The lowest BCUT2D eigenvalue weighted by Gasteiger charge is -2.17. The van der Waals surface area contributed by atoms with Crippen molar-refractivity contribution in [1.82, 2.24) is 5.32 Å². The topological polar surface area (TPSA) is 69.6 Å². The number of thioether (sulfide) groups is 1. The van der Waals surface area contributed by atoms with Crippen molar-refractivity contribution in [3.8, 4) is 0 Å². The van der Waals surface area contributed by atoms with Crippen molar-refractivity contribution in [3.05, 3.63) is 0 Å². The molecule has 1 atom stereocenters. The maximum atomic E-state index is 11.2. The Hall–Kier alpha value is -0.260. The van der Waals surface area contributed by atoms with E-state index in [-0.39, 0.29) is 23.8 Å². The van der Waals surface area contributed by atoms with Gasteiger partial charge in [0.2, 0.25) is 5.91 Å². The zero-order valence-electron chi connectivity index (χ0n) is 8.91. The fourth-order valence-corrected chi connectivity index (χ4v) is 1.30. The van der Waals surface area contributed by atoms with Crippen LogP contribution in [0.25, 0.3) is 0 Å². The van der Waals surface area contributed by atoms with Crippen LogP contribution in [-0.4, -0.2) is 45.9 Å². The first-order valence-corrected chi connectivity index (χ1v) is 5.53. The molecule has 4 nitrogen and oxygen atoms in total. The van der Waals surface area contributed by atoms with E-state index in [0.717, 1.165) is 0 Å². The second kappa shape index (κ2) is 6.27. The Labute approximate surface area is 89.1 Å². The monoisotopic (exact) mass is 221 g/mol. The van der Waals surface area contributed by atoms with Gasteiger partial charge >= 0.3 is 0 Å². The van der Waals surface area contributed by atoms with E-state index in [1.165, 1.54) is 0 Å². The van der Waals surface area contributed by atoms with Crippen LogP contribution in [0.2, 0.25) is 0 Å². The predicted molar refractivity (Wildman–Crippen MR) is 58.3 cm³/mol. The molecule has 0 aliphatic heterocycles. The van der Waals surface area contributed by atoms with E-state index in [1.54, 1.807) is 11.8 Å². The summed E-state index contributed by atoms with van der Waals surface area (Å²) in [7, 11) is 0. The van der Waals surface area contributed by atoms with Gasteiger partial charge in [-0.05, 0) is 0 Å². The quantitative estimate of drug-likeness (QED) is 0.610. The summed E-state index contributed by atoms with van der Waals surface area (Å²) >= 11 is 1.54. The van der Waals surface area contributed by atoms with Crippen molar-refractivity contribution in [1.29, 1.82) is 0 Å². The molecule has 0 spiro atoms. The van der Waals surface area contributed by atoms with Crippen LogP contribution in [0, 0.1) is 0 Å². The zero-order chi connectivity index (χ0) is 11.2. The van der Waals surface area contributed by atoms with E-state index >= 15 is 0 Å². The highest BCUT2D eigenvalue weighted by Crippen LogP contribution is 2.22. The van der Waals surface area contributed by atoms with Gasteiger partial charge in [-0.15, -0.1) is 11.8 Å². The van der Waals surface area contributed by atoms with E-state index < -0.39 is 6.10 Å². The minimum Gasteiger partial charge on any atom is -0.394 e. The van der Waals surface area contributed by atoms with E-state index in [4.69, 9.17) is 10.2 Å². The molecule has 0 aliphatic rings. The Morgan fingerprint density at radius 3 is 2.50 bits per heavy atom. The van der Waals surface area contributed by atoms with Gasteiger partial charge in [0.15, 0.2) is 0 Å². The zero-order valence-corrected chi connectivity index (χ0v) is 9.73. The maximum Gasteiger partial charge on any atom is 0.230 e. The summed E-state index contributed by atoms with van der Waals surface area (Å²) in [5, 5.41) is 20.0. The van der Waals surface area contributed by atoms with Gasteiger partial charge in [-0.3, -0.25) is 4.79 Å². The van der Waals surface area contributed by atoms with E-state index in [9.17, 15) is 4.79 Å². The molecule has 0 aromatic heterocycles. The lowest BCUT2D eigenvalue weighted by atomic mass is 10.3. The molecular formula is C9H19NO3S. The number of rotatable bonds is 5. The summed E-state index contributed by atoms with van der Waals surface area (Å²) < 4.78 is 0.0624. The number of amides is 1. The highest BCUT2D eigenvalue weighted by molar-refractivity contribution is 8.01. The van der Waals surface area contributed by atoms with Gasteiger partial charge in [-0.1, -0.05) is 20.8 Å². The van der Waals surface area contributed by atoms with Crippen LogP contribution in [0.3, 0.4) is 0 Å². The first-order chi connectivity index (χ1) is 6.35. The molecule has 3 N–H and O–H groups in total. The number of nitrogens with one attached hydrogen (secondary N) is 1. The molecule has 0 bridgehead atoms. The third-order valence-corrected chi connectivity index (χ3v) is 2.65. The highest BCUT2D eigenvalue weighted by atomic mass is 32.2. The van der Waals surface area contributed by atoms with Gasteiger partial charge in [0, 0.05) is 11.3 Å². The second-order valence-corrected chi connectivity index (χ2v) is 5.84. The molecule has 0 rings (SSSR count). The van der Waals surface area contributed by atoms with Gasteiger partial charge in [-0.25, -0.2) is 0 Å². The van der Waals surface area contributed by atoms with Crippen LogP contribution >= 0.6 is 11.8 Å². The third-order valence-electron chi connectivity index (χ3n) is 1.38. The molecule has 0 aromatic rings. The largest absolute Gasteiger partial charge is 0.394 e. The lowest BCUT2D eigenvalue weighted by molar-refractivity contribution is -0.119. The number of hydrogen-bond donors (Lipinski definition) is 3. The molecule has 14 heavy (non-hydrogen) atoms. The summed E-state index contributed by atoms with van der Waals surface area (Å²) in [5.74, 6) is 0.263. The second-order valence-electron chi connectivity index (χ2n) is 4.04. The Morgan fingerprint density at radius 1 is 1.50 bits per heavy atom. The van der Waals surface area contributed by atoms with E-state index in [0.29, 0.717) is 5.75 Å². The lowest BCUT2D eigenvalue weighted by Crippen LogP contribution is -2.35. The number of hydrogen-bond acceptors (Lipinski definition) is 4. The fourth-order valence-electron chi connectivity index (χ4n) is 0.629. The van der Waals surface area contributed by atoms with Gasteiger partial charge < -0.3 is 15.5 Å². The average molecular weight is 221 g/mol. The molecule has 0 saturated heterocycles. The van der Waals surface area contributed by atoms with Crippen LogP contribution in [0.5, 0.6) is 0 Å². The van der Waals surface area contributed by atoms with Crippen molar-refractivity contribution in [2.24, 2.45) is 0 Å². The molecule has 0 aromatic carbocycles. The number of aliphatic hydroxyl groups is 2. The molecule has 84 valence electrons. The summed E-state index contributed by atoms with van der Waals surface area (Å²) in [4.78, 5) is 11.2. The van der Waals surface area contributed by atoms with Gasteiger partial charge in [0.1, 0.15) is 0 Å². The molecule has 0 aliphatic carbocycles. The smallest absolute Gasteiger partial charge is 0.230 e. The van der Waals surface area contributed by atoms with Crippen molar-refractivity contribution < 1.29 is 15.0 Å². The van der Waals surface area contributed by atoms with Crippen molar-refractivity contribution in [3.63, 3.8) is 0 Å². The van der Waals surface area contributed by atoms with Crippen LogP contribution < -0.4 is 5.32 Å². The minimum atomic E-state index is -0.862. The van der Waals surface area contributed by atoms with Crippen molar-refractivity contribution >= 4 is 17.7 Å². The number of carbonyl (C=O) groups is 1. The van der Waals surface area contributed by atoms with Crippen molar-refractivity contribution in [2.45, 2.75) is 31.6 Å². The average Bonchev–Trinajstić information content (AvgIpc) is 2.09. The summed E-state index contributed by atoms with van der Waals surface area (Å²) in [6.07, 6.45) is -0.862. The summed E-state index contributed by atoms with van der Waals surface area (Å²) in [6.45, 7) is 5.89. The van der Waals surface area contributed by atoms with Gasteiger partial charge in [0.25, 0.3) is 0 Å². The Bertz CT molecular complexity index is 179. The van der Waals surface area contributed by atoms with Crippen molar-refractivity contribution in [2.75, 3.05) is 18.9 Å². The van der Waals surface area contributed by atoms with Crippen LogP contribution in [-0.2, 0) is 4.79 Å². The molecule has 1 unspecified atom stereocenters. The SMILES string of the molecule is CC(C)(C)SCC(=O)NCC(O)CO. The predicted octanol–water partition coefficient (Wildman–Crippen LogP) is -0.0125. The number of aliphatic hydroxyl groups excluding tert-OH is 2. The van der Waals surface area contributed by atoms with Crippen LogP contribution in [0.15, 0.2) is 0 Å². The first-order valence-electron chi connectivity index (χ1n) is 4.54. The van der Waals surface area contributed by atoms with E-state index in [2.05, 4.69) is 5.32 Å². The normalized spacial score (nSPS) is 13.8. The fraction of sp³-hybridized carbons (Fsp3) is 0.889. The van der Waals surface area contributed by atoms with Gasteiger partial charge in [0.05, 0.1) is 18.5 Å². The number of carbonyl (C=O) groups excluding carboxylic acids is 1. The van der Waals surface area contributed by atoms with Gasteiger partial charge in [-0.2, -0.15) is 0 Å². The molecular weight excluding hydrogens is 202 g/mol. The Morgan fingerprint density at radius 2 is 2.07 bits per heavy atom. The van der Waals surface area contributed by atoms with E-state index in [1.807, 2.05) is 20.8 Å². The van der Waals surface area contributed by atoms with Crippen LogP contribution in [0.1, 0.15) is 20.8 Å². The minimum absolute atomic E-state index is 0.0624. The Kier molecular flexibility index (Phi) is 6.15. The molecule has 5 heteroatoms. The standard InChI is InChI=1S/C9H19NO3S/c1-9(2,3)14-6-8(13)10-4-7(12)5-11/h7,11-12H,4-6H2,1-3H3,(H,10,13). The molecule has 0 saturated carbocycles. The molecule has 1 amide bonds. The maximum absolute atomic E-state index is 11.2. The molecule has 0 heterocycles. The highest BCUT2D eigenvalue weighted by Gasteiger charge is 2.13. The Balaban J connectivity index is 3.57. The van der Waals surface area contributed by atoms with Crippen LogP contribution in [0.4, 0.5) is 0 Å². The summed E-state index contributed by atoms with van der Waals surface area (Å²) in [5.41, 5.74) is 0. The summed E-state index contributed by atoms with van der Waals surface area (Å²) in [6, 6.07) is 0. The molecule has 0 radical (unpaired) electrons. The first kappa shape index (κ1) is 13.7. The molecule has 0 fully saturated rings.